The van der Waals surface area contributed by atoms with Crippen molar-refractivity contribution in [3.8, 4) is 0 Å². The third-order valence-corrected chi connectivity index (χ3v) is 1.32. The van der Waals surface area contributed by atoms with Gasteiger partial charge in [-0.05, 0) is 12.1 Å². The first-order valence-corrected chi connectivity index (χ1v) is 2.50. The molecule has 0 aromatic carbocycles. The van der Waals surface area contributed by atoms with Gasteiger partial charge in [0.1, 0.15) is 5.82 Å². The van der Waals surface area contributed by atoms with E-state index >= 15 is 0 Å². The fourth-order valence-corrected chi connectivity index (χ4v) is 0.832. The van der Waals surface area contributed by atoms with E-state index in [9.17, 15) is 4.39 Å². The first kappa shape index (κ1) is 4.01. The topological polar surface area (TPSA) is 12.9 Å². The zero-order valence-corrected chi connectivity index (χ0v) is 4.19. The first-order chi connectivity index (χ1) is 3.86. The average Bonchev–Trinajstić information content (AvgIpc) is 1.62. The summed E-state index contributed by atoms with van der Waals surface area (Å²) < 4.78 is 12.3. The predicted molar refractivity (Wildman–Crippen MR) is 27.0 cm³/mol. The lowest BCUT2D eigenvalue weighted by Crippen LogP contribution is -2.09. The second kappa shape index (κ2) is 1.08. The van der Waals surface area contributed by atoms with Crippen molar-refractivity contribution in [2.45, 2.75) is 6.42 Å². The zero-order valence-electron chi connectivity index (χ0n) is 4.19. The lowest BCUT2D eigenvalue weighted by molar-refractivity contribution is 0.584. The number of hydrogen-bond donors (Lipinski definition) is 0. The molecule has 1 aliphatic carbocycles. The molecule has 8 heavy (non-hydrogen) atoms. The highest BCUT2D eigenvalue weighted by Gasteiger charge is 2.14. The third-order valence-electron chi connectivity index (χ3n) is 1.32. The van der Waals surface area contributed by atoms with Crippen LogP contribution in [-0.2, 0) is 6.42 Å². The Kier molecular flexibility index (Phi) is 0.539. The van der Waals surface area contributed by atoms with Gasteiger partial charge in [0.05, 0.1) is 5.69 Å². The molecule has 0 atom stereocenters. The molecule has 2 aliphatic rings. The molecule has 40 valence electrons. The maximum atomic E-state index is 12.3. The van der Waals surface area contributed by atoms with Crippen LogP contribution in [0.25, 0.3) is 0 Å². The Morgan fingerprint density at radius 1 is 1.50 bits per heavy atom. The Morgan fingerprint density at radius 2 is 2.25 bits per heavy atom. The first-order valence-electron chi connectivity index (χ1n) is 2.50. The van der Waals surface area contributed by atoms with Crippen molar-refractivity contribution >= 4 is 0 Å². The van der Waals surface area contributed by atoms with E-state index < -0.39 is 0 Å². The highest BCUT2D eigenvalue weighted by atomic mass is 19.1. The molecule has 0 saturated carbocycles. The molecule has 0 unspecified atom stereocenters. The van der Waals surface area contributed by atoms with Crippen LogP contribution in [0.5, 0.6) is 0 Å². The smallest absolute Gasteiger partial charge is 0.145 e. The molecule has 0 N–H and O–H groups in total. The molecule has 0 fully saturated rings. The standard InChI is InChI=1S/C6H4FN/c7-5-2-1-4-3-6(5)8-4/h1-2H,3H2. The largest absolute Gasteiger partial charge is 0.254 e. The van der Waals surface area contributed by atoms with E-state index in [2.05, 4.69) is 4.98 Å². The van der Waals surface area contributed by atoms with Gasteiger partial charge in [-0.15, -0.1) is 0 Å². The Morgan fingerprint density at radius 3 is 2.50 bits per heavy atom. The van der Waals surface area contributed by atoms with Gasteiger partial charge in [0.25, 0.3) is 0 Å². The highest BCUT2D eigenvalue weighted by Crippen LogP contribution is 2.17. The van der Waals surface area contributed by atoms with Gasteiger partial charge in [-0.2, -0.15) is 0 Å². The maximum Gasteiger partial charge on any atom is 0.145 e. The van der Waals surface area contributed by atoms with Crippen LogP contribution in [0.3, 0.4) is 0 Å². The number of fused-ring (bicyclic) bond motifs is 2. The molecule has 0 spiro atoms. The summed E-state index contributed by atoms with van der Waals surface area (Å²) in [7, 11) is 0. The molecule has 1 nitrogen and oxygen atoms in total. The van der Waals surface area contributed by atoms with E-state index in [1.165, 1.54) is 6.07 Å². The number of rotatable bonds is 0. The van der Waals surface area contributed by atoms with E-state index in [4.69, 9.17) is 0 Å². The van der Waals surface area contributed by atoms with Crippen molar-refractivity contribution in [1.82, 2.24) is 4.98 Å². The van der Waals surface area contributed by atoms with E-state index in [0.29, 0.717) is 5.69 Å². The van der Waals surface area contributed by atoms with Crippen LogP contribution in [0.15, 0.2) is 12.1 Å². The maximum absolute atomic E-state index is 12.3. The van der Waals surface area contributed by atoms with Crippen molar-refractivity contribution in [2.75, 3.05) is 0 Å². The van der Waals surface area contributed by atoms with Gasteiger partial charge in [-0.1, -0.05) is 0 Å². The minimum atomic E-state index is -0.167. The Bertz CT molecular complexity index is 223. The van der Waals surface area contributed by atoms with Crippen molar-refractivity contribution in [1.29, 1.82) is 0 Å². The van der Waals surface area contributed by atoms with Crippen LogP contribution in [0.2, 0.25) is 0 Å². The van der Waals surface area contributed by atoms with Crippen LogP contribution in [0.1, 0.15) is 11.4 Å². The normalized spacial score (nSPS) is 13.1. The number of pyridine rings is 1. The molecule has 1 aromatic rings. The van der Waals surface area contributed by atoms with E-state index in [1.54, 1.807) is 6.07 Å². The van der Waals surface area contributed by atoms with Gasteiger partial charge < -0.3 is 0 Å². The molecule has 0 radical (unpaired) electrons. The summed E-state index contributed by atoms with van der Waals surface area (Å²) in [4.78, 5) is 3.84. The van der Waals surface area contributed by atoms with Crippen molar-refractivity contribution in [3.05, 3.63) is 29.3 Å². The summed E-state index contributed by atoms with van der Waals surface area (Å²) in [5.74, 6) is -0.167. The second-order valence-corrected chi connectivity index (χ2v) is 1.91. The lowest BCUT2D eigenvalue weighted by atomic mass is 10.1. The van der Waals surface area contributed by atoms with Crippen LogP contribution in [0, 0.1) is 5.82 Å². The molecule has 0 saturated heterocycles. The van der Waals surface area contributed by atoms with Crippen molar-refractivity contribution in [3.63, 3.8) is 0 Å². The zero-order chi connectivity index (χ0) is 5.56. The molecule has 3 rings (SSSR count). The third kappa shape index (κ3) is 0.327. The van der Waals surface area contributed by atoms with Crippen LogP contribution >= 0.6 is 0 Å². The SMILES string of the molecule is Fc1ccc2nc1C2. The Labute approximate surface area is 46.2 Å². The van der Waals surface area contributed by atoms with Crippen molar-refractivity contribution in [2.24, 2.45) is 0 Å². The average molecular weight is 109 g/mol. The predicted octanol–water partition coefficient (Wildman–Crippen LogP) is 1.12. The van der Waals surface area contributed by atoms with E-state index in [1.807, 2.05) is 0 Å². The second-order valence-electron chi connectivity index (χ2n) is 1.91. The summed E-state index contributed by atoms with van der Waals surface area (Å²) in [6.07, 6.45) is 0.738. The molecular formula is C6H4FN. The minimum Gasteiger partial charge on any atom is -0.254 e. The quantitative estimate of drug-likeness (QED) is 0.494. The molecule has 1 aliphatic heterocycles. The fourth-order valence-electron chi connectivity index (χ4n) is 0.832. The highest BCUT2D eigenvalue weighted by molar-refractivity contribution is 5.26. The van der Waals surface area contributed by atoms with Gasteiger partial charge in [-0.25, -0.2) is 4.39 Å². The molecule has 0 amide bonds. The van der Waals surface area contributed by atoms with Gasteiger partial charge in [-0.3, -0.25) is 4.98 Å². The van der Waals surface area contributed by atoms with Gasteiger partial charge in [0.15, 0.2) is 0 Å². The van der Waals surface area contributed by atoms with E-state index in [-0.39, 0.29) is 5.82 Å². The monoisotopic (exact) mass is 109 g/mol. The summed E-state index contributed by atoms with van der Waals surface area (Å²) in [6.45, 7) is 0. The number of hydrogen-bond acceptors (Lipinski definition) is 1. The molecule has 2 bridgehead atoms. The molecule has 2 heteroatoms. The molecule has 1 aromatic heterocycles. The number of aromatic nitrogens is 1. The summed E-state index contributed by atoms with van der Waals surface area (Å²) in [5.41, 5.74) is 1.61. The van der Waals surface area contributed by atoms with Gasteiger partial charge >= 0.3 is 0 Å². The molecular weight excluding hydrogens is 105 g/mol. The number of halogens is 1. The Balaban J connectivity index is 2.72. The fraction of sp³-hybridized carbons (Fsp3) is 0.167. The van der Waals surface area contributed by atoms with Gasteiger partial charge in [0, 0.05) is 12.1 Å². The van der Waals surface area contributed by atoms with Crippen LogP contribution in [0.4, 0.5) is 4.39 Å². The summed E-state index contributed by atoms with van der Waals surface area (Å²) in [5, 5.41) is 0. The van der Waals surface area contributed by atoms with Crippen LogP contribution < -0.4 is 0 Å². The minimum absolute atomic E-state index is 0.167. The van der Waals surface area contributed by atoms with Crippen LogP contribution in [-0.4, -0.2) is 4.98 Å². The Hall–Kier alpha value is -0.920. The van der Waals surface area contributed by atoms with E-state index in [0.717, 1.165) is 12.1 Å². The van der Waals surface area contributed by atoms with Crippen molar-refractivity contribution < 1.29 is 4.39 Å². The molecule has 2 heterocycles. The van der Waals surface area contributed by atoms with Gasteiger partial charge in [0.2, 0.25) is 0 Å². The number of nitrogens with zero attached hydrogens (tertiary/aromatic N) is 1. The lowest BCUT2D eigenvalue weighted by Gasteiger charge is -2.11. The summed E-state index contributed by atoms with van der Waals surface area (Å²) >= 11 is 0. The summed E-state index contributed by atoms with van der Waals surface area (Å²) in [6, 6.07) is 3.17.